The quantitative estimate of drug-likeness (QED) is 0.804. The predicted molar refractivity (Wildman–Crippen MR) is 70.8 cm³/mol. The summed E-state index contributed by atoms with van der Waals surface area (Å²) in [6.07, 6.45) is 1.35. The number of nitrogen functional groups attached to an aromatic ring is 1. The van der Waals surface area contributed by atoms with Crippen molar-refractivity contribution in [1.29, 1.82) is 0 Å². The minimum atomic E-state index is -0.552. The number of anilines is 1. The number of nitrogens with zero attached hydrogens (tertiary/aromatic N) is 3. The number of phenolic OH excluding ortho intramolecular Hbond substituents is 1. The normalized spacial score (nSPS) is 11.6. The highest BCUT2D eigenvalue weighted by Crippen LogP contribution is 2.22. The second kappa shape index (κ2) is 5.01. The molecule has 0 aliphatic heterocycles. The van der Waals surface area contributed by atoms with Gasteiger partial charge in [-0.1, -0.05) is 0 Å². The summed E-state index contributed by atoms with van der Waals surface area (Å²) in [7, 11) is 1.56. The van der Waals surface area contributed by atoms with Gasteiger partial charge in [-0.2, -0.15) is 0 Å². The van der Waals surface area contributed by atoms with Gasteiger partial charge in [0.2, 0.25) is 0 Å². The zero-order valence-corrected chi connectivity index (χ0v) is 10.6. The van der Waals surface area contributed by atoms with Crippen LogP contribution in [0.1, 0.15) is 16.8 Å². The average Bonchev–Trinajstić information content (AvgIpc) is 2.32. The van der Waals surface area contributed by atoms with Crippen molar-refractivity contribution in [1.82, 2.24) is 9.97 Å². The summed E-state index contributed by atoms with van der Waals surface area (Å²) in [5.41, 5.74) is 7.85. The predicted octanol–water partition coefficient (Wildman–Crippen LogP) is 1.68. The van der Waals surface area contributed by atoms with Gasteiger partial charge in [-0.15, -0.1) is 0 Å². The van der Waals surface area contributed by atoms with Crippen molar-refractivity contribution >= 4 is 11.5 Å². The molecule has 0 aliphatic carbocycles. The molecule has 0 fully saturated rings. The molecule has 1 aromatic heterocycles. The van der Waals surface area contributed by atoms with Crippen molar-refractivity contribution in [3.05, 3.63) is 47.2 Å². The zero-order valence-electron chi connectivity index (χ0n) is 10.6. The van der Waals surface area contributed by atoms with Gasteiger partial charge in [0.25, 0.3) is 0 Å². The maximum Gasteiger partial charge on any atom is 0.136 e. The van der Waals surface area contributed by atoms with Crippen molar-refractivity contribution in [2.24, 2.45) is 4.99 Å². The number of nitrogens with two attached hydrogens (primary N) is 1. The van der Waals surface area contributed by atoms with Crippen molar-refractivity contribution in [3.63, 3.8) is 0 Å². The van der Waals surface area contributed by atoms with Gasteiger partial charge in [-0.3, -0.25) is 4.99 Å². The van der Waals surface area contributed by atoms with E-state index in [1.54, 1.807) is 14.0 Å². The number of hydrogen-bond acceptors (Lipinski definition) is 5. The third-order valence-electron chi connectivity index (χ3n) is 2.68. The van der Waals surface area contributed by atoms with E-state index in [4.69, 9.17) is 5.73 Å². The lowest BCUT2D eigenvalue weighted by Crippen LogP contribution is -2.12. The molecular formula is C13H13FN4O. The first-order valence-corrected chi connectivity index (χ1v) is 5.57. The smallest absolute Gasteiger partial charge is 0.136 e. The molecule has 0 saturated heterocycles. The van der Waals surface area contributed by atoms with E-state index < -0.39 is 5.82 Å². The minimum absolute atomic E-state index is 0.177. The maximum atomic E-state index is 13.4. The van der Waals surface area contributed by atoms with E-state index in [2.05, 4.69) is 15.0 Å². The van der Waals surface area contributed by atoms with Crippen LogP contribution in [0, 0.1) is 12.7 Å². The molecule has 3 N–H and O–H groups in total. The van der Waals surface area contributed by atoms with Gasteiger partial charge >= 0.3 is 0 Å². The number of phenols is 1. The Hall–Kier alpha value is -2.50. The third-order valence-corrected chi connectivity index (χ3v) is 2.68. The molecule has 0 atom stereocenters. The average molecular weight is 260 g/mol. The van der Waals surface area contributed by atoms with E-state index in [1.165, 1.54) is 18.5 Å². The summed E-state index contributed by atoms with van der Waals surface area (Å²) in [4.78, 5) is 12.1. The Morgan fingerprint density at radius 1 is 1.32 bits per heavy atom. The minimum Gasteiger partial charge on any atom is -0.508 e. The largest absolute Gasteiger partial charge is 0.508 e. The molecule has 0 unspecified atom stereocenters. The van der Waals surface area contributed by atoms with E-state index >= 15 is 0 Å². The number of rotatable bonds is 2. The molecule has 0 spiro atoms. The molecular weight excluding hydrogens is 247 g/mol. The summed E-state index contributed by atoms with van der Waals surface area (Å²) in [6.45, 7) is 1.76. The van der Waals surface area contributed by atoms with Gasteiger partial charge in [0, 0.05) is 18.7 Å². The summed E-state index contributed by atoms with van der Waals surface area (Å²) in [6, 6.07) is 3.71. The second-order valence-corrected chi connectivity index (χ2v) is 3.99. The van der Waals surface area contributed by atoms with Gasteiger partial charge in [0.05, 0.1) is 17.0 Å². The summed E-state index contributed by atoms with van der Waals surface area (Å²) < 4.78 is 13.4. The number of aryl methyl sites for hydroxylation is 1. The third kappa shape index (κ3) is 2.52. The van der Waals surface area contributed by atoms with Crippen LogP contribution in [0.3, 0.4) is 0 Å². The number of benzene rings is 1. The van der Waals surface area contributed by atoms with E-state index in [0.717, 1.165) is 6.07 Å². The van der Waals surface area contributed by atoms with Crippen LogP contribution in [-0.2, 0) is 0 Å². The molecule has 19 heavy (non-hydrogen) atoms. The van der Waals surface area contributed by atoms with Crippen LogP contribution in [0.5, 0.6) is 5.75 Å². The Balaban J connectivity index is 2.64. The first-order valence-electron chi connectivity index (χ1n) is 5.57. The van der Waals surface area contributed by atoms with Crippen LogP contribution in [0.25, 0.3) is 0 Å². The van der Waals surface area contributed by atoms with Gasteiger partial charge in [0.15, 0.2) is 0 Å². The van der Waals surface area contributed by atoms with Crippen molar-refractivity contribution < 1.29 is 9.50 Å². The summed E-state index contributed by atoms with van der Waals surface area (Å²) in [5, 5.41) is 9.47. The van der Waals surface area contributed by atoms with Crippen molar-refractivity contribution in [3.8, 4) is 5.75 Å². The Morgan fingerprint density at radius 3 is 2.63 bits per heavy atom. The van der Waals surface area contributed by atoms with Crippen molar-refractivity contribution in [2.75, 3.05) is 12.8 Å². The van der Waals surface area contributed by atoms with E-state index in [9.17, 15) is 9.50 Å². The number of halogens is 1. The van der Waals surface area contributed by atoms with Crippen LogP contribution in [-0.4, -0.2) is 27.8 Å². The Morgan fingerprint density at radius 2 is 2.05 bits per heavy atom. The Bertz CT molecular complexity index is 615. The molecule has 2 aromatic rings. The molecule has 0 bridgehead atoms. The van der Waals surface area contributed by atoms with Crippen LogP contribution in [0.4, 0.5) is 10.2 Å². The van der Waals surface area contributed by atoms with Crippen LogP contribution < -0.4 is 5.73 Å². The molecule has 1 heterocycles. The van der Waals surface area contributed by atoms with Gasteiger partial charge < -0.3 is 10.8 Å². The van der Waals surface area contributed by atoms with Crippen LogP contribution >= 0.6 is 0 Å². The lowest BCUT2D eigenvalue weighted by Gasteiger charge is -2.11. The SMILES string of the molecule is CN=C(c1cc(O)cc(F)c1)c1c(C)ncnc1N. The number of hydrogen-bond donors (Lipinski definition) is 2. The molecule has 98 valence electrons. The molecule has 0 saturated carbocycles. The molecule has 0 amide bonds. The molecule has 1 aromatic carbocycles. The number of aromatic hydroxyl groups is 1. The second-order valence-electron chi connectivity index (χ2n) is 3.99. The molecule has 0 radical (unpaired) electrons. The van der Waals surface area contributed by atoms with Crippen LogP contribution in [0.2, 0.25) is 0 Å². The van der Waals surface area contributed by atoms with Gasteiger partial charge in [-0.25, -0.2) is 14.4 Å². The highest BCUT2D eigenvalue weighted by Gasteiger charge is 2.15. The zero-order chi connectivity index (χ0) is 14.0. The van der Waals surface area contributed by atoms with E-state index in [1.807, 2.05) is 0 Å². The first kappa shape index (κ1) is 12.9. The van der Waals surface area contributed by atoms with E-state index in [-0.39, 0.29) is 11.6 Å². The standard InChI is InChI=1S/C13H13FN4O/c1-7-11(13(15)18-6-17-7)12(16-2)8-3-9(14)5-10(19)4-8/h3-6,19H,1-2H3,(H2,15,17,18). The van der Waals surface area contributed by atoms with E-state index in [0.29, 0.717) is 22.5 Å². The lowest BCUT2D eigenvalue weighted by molar-refractivity contribution is 0.469. The van der Waals surface area contributed by atoms with Crippen LogP contribution in [0.15, 0.2) is 29.5 Å². The number of aliphatic imine (C=N–C) groups is 1. The van der Waals surface area contributed by atoms with Gasteiger partial charge in [0.1, 0.15) is 23.7 Å². The topological polar surface area (TPSA) is 84.4 Å². The van der Waals surface area contributed by atoms with Gasteiger partial charge in [-0.05, 0) is 19.1 Å². The molecule has 2 rings (SSSR count). The highest BCUT2D eigenvalue weighted by molar-refractivity contribution is 6.16. The fourth-order valence-electron chi connectivity index (χ4n) is 1.88. The van der Waals surface area contributed by atoms with Crippen molar-refractivity contribution in [2.45, 2.75) is 6.92 Å². The summed E-state index contributed by atoms with van der Waals surface area (Å²) >= 11 is 0. The lowest BCUT2D eigenvalue weighted by atomic mass is 10.0. The fourth-order valence-corrected chi connectivity index (χ4v) is 1.88. The highest BCUT2D eigenvalue weighted by atomic mass is 19.1. The summed E-state index contributed by atoms with van der Waals surface area (Å²) in [5.74, 6) is -0.467. The Kier molecular flexibility index (Phi) is 3.41. The number of aromatic nitrogens is 2. The molecule has 5 nitrogen and oxygen atoms in total. The monoisotopic (exact) mass is 260 g/mol. The first-order chi connectivity index (χ1) is 9.02. The fraction of sp³-hybridized carbons (Fsp3) is 0.154. The Labute approximate surface area is 109 Å². The molecule has 6 heteroatoms. The maximum absolute atomic E-state index is 13.4. The molecule has 0 aliphatic rings.